The molecule has 1 aromatic rings. The van der Waals surface area contributed by atoms with Gasteiger partial charge in [0.15, 0.2) is 0 Å². The second kappa shape index (κ2) is 6.18. The topological polar surface area (TPSA) is 23.5 Å². The summed E-state index contributed by atoms with van der Waals surface area (Å²) in [5.41, 5.74) is 1.41. The first-order chi connectivity index (χ1) is 8.25. The Bertz CT molecular complexity index is 323. The van der Waals surface area contributed by atoms with Gasteiger partial charge < -0.3 is 10.0 Å². The molecule has 0 aliphatic carbocycles. The first kappa shape index (κ1) is 12.6. The van der Waals surface area contributed by atoms with Gasteiger partial charge in [0.1, 0.15) is 0 Å². The molecule has 0 bridgehead atoms. The van der Waals surface area contributed by atoms with E-state index in [4.69, 9.17) is 0 Å². The third kappa shape index (κ3) is 3.83. The fourth-order valence-corrected chi connectivity index (χ4v) is 2.62. The number of piperidine rings is 1. The molecule has 1 saturated heterocycles. The summed E-state index contributed by atoms with van der Waals surface area (Å²) in [6.07, 6.45) is 3.37. The van der Waals surface area contributed by atoms with Gasteiger partial charge in [-0.3, -0.25) is 0 Å². The minimum Gasteiger partial charge on any atom is -0.393 e. The molecule has 1 aromatic carbocycles. The Labute approximate surface area is 104 Å². The smallest absolute Gasteiger partial charge is 0.0552 e. The zero-order valence-electron chi connectivity index (χ0n) is 10.7. The van der Waals surface area contributed by atoms with Crippen molar-refractivity contribution in [3.8, 4) is 0 Å². The summed E-state index contributed by atoms with van der Waals surface area (Å²) in [7, 11) is 0. The highest BCUT2D eigenvalue weighted by Crippen LogP contribution is 2.19. The molecule has 1 aliphatic rings. The molecule has 2 atom stereocenters. The van der Waals surface area contributed by atoms with Crippen molar-refractivity contribution >= 4 is 0 Å². The van der Waals surface area contributed by atoms with Crippen LogP contribution in [0, 0.1) is 5.92 Å². The van der Waals surface area contributed by atoms with E-state index in [0.29, 0.717) is 5.92 Å². The largest absolute Gasteiger partial charge is 0.393 e. The Morgan fingerprint density at radius 2 is 2.12 bits per heavy atom. The van der Waals surface area contributed by atoms with Gasteiger partial charge in [-0.05, 0) is 44.2 Å². The van der Waals surface area contributed by atoms with Crippen molar-refractivity contribution in [3.05, 3.63) is 35.9 Å². The van der Waals surface area contributed by atoms with Gasteiger partial charge in [0, 0.05) is 13.1 Å². The van der Waals surface area contributed by atoms with Crippen LogP contribution >= 0.6 is 0 Å². The van der Waals surface area contributed by atoms with Gasteiger partial charge >= 0.3 is 0 Å². The number of hydrogen-bond donors (Lipinski definition) is 1. The van der Waals surface area contributed by atoms with E-state index in [1.807, 2.05) is 6.92 Å². The summed E-state index contributed by atoms with van der Waals surface area (Å²) >= 11 is 0. The van der Waals surface area contributed by atoms with E-state index in [1.54, 1.807) is 0 Å². The third-order valence-corrected chi connectivity index (χ3v) is 3.78. The van der Waals surface area contributed by atoms with E-state index in [9.17, 15) is 5.11 Å². The summed E-state index contributed by atoms with van der Waals surface area (Å²) in [6, 6.07) is 10.6. The number of aliphatic hydroxyl groups is 1. The lowest BCUT2D eigenvalue weighted by atomic mass is 9.93. The molecular formula is C15H23NO. The van der Waals surface area contributed by atoms with Crippen LogP contribution in [0.15, 0.2) is 30.3 Å². The molecule has 0 saturated carbocycles. The van der Waals surface area contributed by atoms with E-state index in [1.165, 1.54) is 24.9 Å². The Kier molecular flexibility index (Phi) is 4.57. The van der Waals surface area contributed by atoms with Gasteiger partial charge in [-0.25, -0.2) is 0 Å². The fourth-order valence-electron chi connectivity index (χ4n) is 2.62. The lowest BCUT2D eigenvalue weighted by molar-refractivity contribution is 0.0634. The molecule has 0 amide bonds. The number of benzene rings is 1. The van der Waals surface area contributed by atoms with Crippen LogP contribution in [-0.4, -0.2) is 35.7 Å². The fraction of sp³-hybridized carbons (Fsp3) is 0.600. The van der Waals surface area contributed by atoms with Crippen LogP contribution in [0.2, 0.25) is 0 Å². The van der Waals surface area contributed by atoms with Gasteiger partial charge in [-0.2, -0.15) is 0 Å². The lowest BCUT2D eigenvalue weighted by Crippen LogP contribution is -2.40. The average Bonchev–Trinajstić information content (AvgIpc) is 2.38. The van der Waals surface area contributed by atoms with Crippen molar-refractivity contribution in [1.82, 2.24) is 4.90 Å². The van der Waals surface area contributed by atoms with Gasteiger partial charge in [0.25, 0.3) is 0 Å². The van der Waals surface area contributed by atoms with E-state index in [-0.39, 0.29) is 6.10 Å². The van der Waals surface area contributed by atoms with Gasteiger partial charge in [0.2, 0.25) is 0 Å². The van der Waals surface area contributed by atoms with Crippen molar-refractivity contribution in [2.75, 3.05) is 19.6 Å². The molecule has 0 aromatic heterocycles. The lowest BCUT2D eigenvalue weighted by Gasteiger charge is -2.34. The zero-order chi connectivity index (χ0) is 12.1. The number of rotatable bonds is 4. The van der Waals surface area contributed by atoms with Crippen molar-refractivity contribution in [1.29, 1.82) is 0 Å². The van der Waals surface area contributed by atoms with Crippen LogP contribution in [0.5, 0.6) is 0 Å². The number of nitrogens with zero attached hydrogens (tertiary/aromatic N) is 1. The van der Waals surface area contributed by atoms with Crippen LogP contribution in [0.25, 0.3) is 0 Å². The predicted molar refractivity (Wildman–Crippen MR) is 71.0 cm³/mol. The summed E-state index contributed by atoms with van der Waals surface area (Å²) in [5.74, 6) is 0.472. The molecule has 1 aliphatic heterocycles. The Hall–Kier alpha value is -0.860. The maximum absolute atomic E-state index is 9.65. The van der Waals surface area contributed by atoms with Gasteiger partial charge in [0.05, 0.1) is 6.10 Å². The predicted octanol–water partition coefficient (Wildman–Crippen LogP) is 2.32. The number of likely N-dealkylation sites (tertiary alicyclic amines) is 1. The molecule has 1 N–H and O–H groups in total. The highest BCUT2D eigenvalue weighted by atomic mass is 16.3. The summed E-state index contributed by atoms with van der Waals surface area (Å²) in [5, 5.41) is 9.65. The van der Waals surface area contributed by atoms with Crippen molar-refractivity contribution < 1.29 is 5.11 Å². The van der Waals surface area contributed by atoms with Crippen LogP contribution < -0.4 is 0 Å². The maximum atomic E-state index is 9.65. The molecule has 94 valence electrons. The van der Waals surface area contributed by atoms with E-state index in [0.717, 1.165) is 19.5 Å². The van der Waals surface area contributed by atoms with Gasteiger partial charge in [-0.1, -0.05) is 30.3 Å². The normalized spacial score (nSPS) is 23.5. The highest BCUT2D eigenvalue weighted by molar-refractivity contribution is 5.14. The van der Waals surface area contributed by atoms with Crippen LogP contribution in [0.3, 0.4) is 0 Å². The molecule has 0 unspecified atom stereocenters. The molecule has 0 spiro atoms. The summed E-state index contributed by atoms with van der Waals surface area (Å²) in [6.45, 7) is 5.29. The summed E-state index contributed by atoms with van der Waals surface area (Å²) < 4.78 is 0. The second-order valence-corrected chi connectivity index (χ2v) is 5.18. The van der Waals surface area contributed by atoms with Crippen LogP contribution in [0.1, 0.15) is 25.3 Å². The number of hydrogen-bond acceptors (Lipinski definition) is 2. The minimum absolute atomic E-state index is 0.158. The molecule has 2 heteroatoms. The quantitative estimate of drug-likeness (QED) is 0.862. The first-order valence-electron chi connectivity index (χ1n) is 6.70. The standard InChI is InChI=1S/C15H23NO/c1-13(17)15-8-5-10-16(12-15)11-9-14-6-3-2-4-7-14/h2-4,6-7,13,15,17H,5,8-12H2,1H3/t13-,15-/m0/s1. The number of aliphatic hydroxyl groups excluding tert-OH is 1. The van der Waals surface area contributed by atoms with E-state index in [2.05, 4.69) is 35.2 Å². The molecule has 2 rings (SSSR count). The van der Waals surface area contributed by atoms with Gasteiger partial charge in [-0.15, -0.1) is 0 Å². The zero-order valence-corrected chi connectivity index (χ0v) is 10.7. The molecule has 17 heavy (non-hydrogen) atoms. The van der Waals surface area contributed by atoms with Crippen molar-refractivity contribution in [2.45, 2.75) is 32.3 Å². The molecule has 1 fully saturated rings. The monoisotopic (exact) mass is 233 g/mol. The maximum Gasteiger partial charge on any atom is 0.0552 e. The Balaban J connectivity index is 1.79. The molecular weight excluding hydrogens is 210 g/mol. The van der Waals surface area contributed by atoms with E-state index < -0.39 is 0 Å². The SMILES string of the molecule is C[C@H](O)[C@H]1CCCN(CCc2ccccc2)C1. The molecule has 1 heterocycles. The third-order valence-electron chi connectivity index (χ3n) is 3.78. The van der Waals surface area contributed by atoms with Crippen molar-refractivity contribution in [3.63, 3.8) is 0 Å². The minimum atomic E-state index is -0.158. The summed E-state index contributed by atoms with van der Waals surface area (Å²) in [4.78, 5) is 2.49. The van der Waals surface area contributed by atoms with Crippen molar-refractivity contribution in [2.24, 2.45) is 5.92 Å². The average molecular weight is 233 g/mol. The Morgan fingerprint density at radius 3 is 2.82 bits per heavy atom. The van der Waals surface area contributed by atoms with E-state index >= 15 is 0 Å². The highest BCUT2D eigenvalue weighted by Gasteiger charge is 2.22. The second-order valence-electron chi connectivity index (χ2n) is 5.18. The van der Waals surface area contributed by atoms with Crippen LogP contribution in [-0.2, 0) is 6.42 Å². The van der Waals surface area contributed by atoms with Crippen LogP contribution in [0.4, 0.5) is 0 Å². The molecule has 0 radical (unpaired) electrons. The molecule has 2 nitrogen and oxygen atoms in total. The first-order valence-corrected chi connectivity index (χ1v) is 6.70. The Morgan fingerprint density at radius 1 is 1.35 bits per heavy atom.